The number of ether oxygens (including phenoxy) is 6. The molecule has 16 nitrogen and oxygen atoms in total. The largest absolute Gasteiger partial charge is 0.461 e. The van der Waals surface area contributed by atoms with E-state index in [2.05, 4.69) is 66.9 Å². The summed E-state index contributed by atoms with van der Waals surface area (Å²) in [6.07, 6.45) is 22.5. The topological polar surface area (TPSA) is 216 Å². The molecule has 3 aromatic carbocycles. The van der Waals surface area contributed by atoms with Gasteiger partial charge in [0.2, 0.25) is 5.78 Å². The van der Waals surface area contributed by atoms with Crippen LogP contribution in [0, 0.1) is 22.7 Å². The fraction of sp³-hybridized carbons (Fsp3) is 0.480. The molecule has 0 radical (unpaired) electrons. The Bertz CT molecular complexity index is 3250. The van der Waals surface area contributed by atoms with Crippen LogP contribution in [0.3, 0.4) is 0 Å². The molecule has 3 aliphatic carbocycles. The highest BCUT2D eigenvalue weighted by Gasteiger charge is 2.79. The number of hydrogen-bond acceptors (Lipinski definition) is 15. The lowest BCUT2D eigenvalue weighted by Crippen LogP contribution is -2.81. The number of hydrogen-bond donors (Lipinski definition) is 2. The molecule has 1 aliphatic heterocycles. The maximum Gasteiger partial charge on any atom is 0.338 e. The molecule has 11 atom stereocenters. The van der Waals surface area contributed by atoms with Gasteiger partial charge in [-0.15, -0.1) is 0 Å². The number of carbonyl (C=O) groups is 7. The summed E-state index contributed by atoms with van der Waals surface area (Å²) < 4.78 is 45.9. The third-order valence-corrected chi connectivity index (χ3v) is 23.7. The number of fused-ring (bicyclic) bond motifs is 5. The van der Waals surface area contributed by atoms with Crippen LogP contribution in [0.25, 0.3) is 0 Å². The molecule has 92 heavy (non-hydrogen) atoms. The normalized spacial score (nSPS) is 26.0. The number of carbonyl (C=O) groups excluding carboxylic acids is 7. The van der Waals surface area contributed by atoms with Crippen LogP contribution in [0.15, 0.2) is 175 Å². The van der Waals surface area contributed by atoms with E-state index in [4.69, 9.17) is 32.8 Å². The standard InChI is InChI=1S/C75H95NO15Si/c1-11-15-16-17-18-19-20-21-22-23-24-25-26-27-28-29-30-31-41-48-61(79)88-59-49-60-74(51-85-60,90-54(7)78)66-68(89-70(82)57-46-39-34-40-47-57)75(84)50-58(52(5)62(72(75,8)9)64(86-53(6)77)67(80)73(59,66)10)87-71(83)65(91-92(12-2,13-3)14-4)63(55-42-35-32-36-43-55)76-69(81)56-44-37-33-38-45-56/h15-16,18-19,21-22,24-25,27-28,30-40,42-47,52,58-60,63,65-66,68,84H,11-14,17,20,23,26,29,41,48-51H2,1-10H3,(H,76,81). The van der Waals surface area contributed by atoms with E-state index in [1.807, 2.05) is 45.1 Å². The highest BCUT2D eigenvalue weighted by atomic mass is 28.4. The summed E-state index contributed by atoms with van der Waals surface area (Å²) in [5.74, 6) is -8.76. The number of amides is 1. The van der Waals surface area contributed by atoms with Crippen LogP contribution in [0.1, 0.15) is 166 Å². The van der Waals surface area contributed by atoms with Crippen molar-refractivity contribution in [1.82, 2.24) is 5.32 Å². The fourth-order valence-electron chi connectivity index (χ4n) is 13.8. The third kappa shape index (κ3) is 16.4. The van der Waals surface area contributed by atoms with Gasteiger partial charge >= 0.3 is 29.8 Å². The van der Waals surface area contributed by atoms with Crippen LogP contribution in [-0.4, -0.2) is 103 Å². The molecule has 1 heterocycles. The second kappa shape index (κ2) is 32.8. The molecule has 1 amide bonds. The van der Waals surface area contributed by atoms with Gasteiger partial charge in [0.15, 0.2) is 25.8 Å². The highest BCUT2D eigenvalue weighted by molar-refractivity contribution is 6.73. The molecule has 2 N–H and O–H groups in total. The first-order valence-electron chi connectivity index (χ1n) is 32.7. The number of nitrogens with one attached hydrogen (secondary N) is 1. The molecule has 0 spiro atoms. The van der Waals surface area contributed by atoms with Gasteiger partial charge in [-0.1, -0.05) is 188 Å². The Morgan fingerprint density at radius 2 is 1.21 bits per heavy atom. The average Bonchev–Trinajstić information content (AvgIpc) is 0.669. The lowest BCUT2D eigenvalue weighted by atomic mass is 9.45. The van der Waals surface area contributed by atoms with Crippen molar-refractivity contribution < 1.29 is 71.5 Å². The summed E-state index contributed by atoms with van der Waals surface area (Å²) in [5.41, 5.74) is -7.15. The number of esters is 5. The Morgan fingerprint density at radius 3 is 1.71 bits per heavy atom. The van der Waals surface area contributed by atoms with Gasteiger partial charge in [0.1, 0.15) is 30.0 Å². The molecule has 11 unspecified atom stereocenters. The minimum Gasteiger partial charge on any atom is -0.461 e. The second-order valence-corrected chi connectivity index (χ2v) is 29.9. The number of benzene rings is 3. The van der Waals surface area contributed by atoms with E-state index in [1.165, 1.54) is 26.0 Å². The van der Waals surface area contributed by atoms with E-state index in [9.17, 15) is 29.1 Å². The van der Waals surface area contributed by atoms with E-state index < -0.39 is 132 Å². The van der Waals surface area contributed by atoms with Gasteiger partial charge < -0.3 is 43.3 Å². The van der Waals surface area contributed by atoms with Crippen molar-refractivity contribution in [2.75, 3.05) is 6.61 Å². The van der Waals surface area contributed by atoms with Crippen molar-refractivity contribution >= 4 is 49.9 Å². The summed E-state index contributed by atoms with van der Waals surface area (Å²) >= 11 is 0. The van der Waals surface area contributed by atoms with Crippen LogP contribution < -0.4 is 5.32 Å². The Morgan fingerprint density at radius 1 is 0.685 bits per heavy atom. The third-order valence-electron chi connectivity index (χ3n) is 19.1. The van der Waals surface area contributed by atoms with Crippen molar-refractivity contribution in [1.29, 1.82) is 0 Å². The van der Waals surface area contributed by atoms with E-state index in [0.29, 0.717) is 35.7 Å². The molecule has 2 saturated carbocycles. The maximum absolute atomic E-state index is 16.6. The molecule has 2 bridgehead atoms. The van der Waals surface area contributed by atoms with E-state index in [-0.39, 0.29) is 37.0 Å². The predicted octanol–water partition coefficient (Wildman–Crippen LogP) is 14.0. The predicted molar refractivity (Wildman–Crippen MR) is 355 cm³/mol. The van der Waals surface area contributed by atoms with E-state index in [0.717, 1.165) is 39.0 Å². The smallest absolute Gasteiger partial charge is 0.338 e. The number of ketones is 1. The zero-order valence-electron chi connectivity index (χ0n) is 55.3. The number of rotatable bonds is 30. The van der Waals surface area contributed by atoms with Crippen LogP contribution >= 0.6 is 0 Å². The monoisotopic (exact) mass is 1280 g/mol. The van der Waals surface area contributed by atoms with Gasteiger partial charge in [-0.3, -0.25) is 24.0 Å². The van der Waals surface area contributed by atoms with Crippen LogP contribution in [-0.2, 0) is 56.8 Å². The molecule has 7 rings (SSSR count). The van der Waals surface area contributed by atoms with Crippen LogP contribution in [0.2, 0.25) is 18.1 Å². The summed E-state index contributed by atoms with van der Waals surface area (Å²) in [4.78, 5) is 103. The molecular weight excluding hydrogens is 1180 g/mol. The molecule has 3 aromatic rings. The first kappa shape index (κ1) is 71.9. The first-order valence-corrected chi connectivity index (χ1v) is 35.3. The molecular formula is C75H95NO15Si. The second-order valence-electron chi connectivity index (χ2n) is 25.2. The van der Waals surface area contributed by atoms with Crippen molar-refractivity contribution in [2.45, 2.75) is 199 Å². The van der Waals surface area contributed by atoms with Gasteiger partial charge in [-0.2, -0.15) is 0 Å². The minimum absolute atomic E-state index is 0.0368. The van der Waals surface area contributed by atoms with Crippen molar-refractivity contribution in [3.05, 3.63) is 192 Å². The zero-order valence-corrected chi connectivity index (χ0v) is 56.3. The average molecular weight is 1280 g/mol. The molecule has 4 aliphatic rings. The van der Waals surface area contributed by atoms with E-state index in [1.54, 1.807) is 93.6 Å². The number of allylic oxidation sites excluding steroid dienone is 13. The number of aliphatic hydroxyl groups is 1. The Labute approximate surface area is 544 Å². The maximum atomic E-state index is 16.6. The van der Waals surface area contributed by atoms with Gasteiger partial charge in [0.25, 0.3) is 5.91 Å². The zero-order chi connectivity index (χ0) is 66.7. The molecule has 1 saturated heterocycles. The Balaban J connectivity index is 1.27. The highest BCUT2D eigenvalue weighted by Crippen LogP contribution is 2.65. The van der Waals surface area contributed by atoms with Crippen molar-refractivity contribution in [3.63, 3.8) is 0 Å². The SMILES string of the molecule is CCC=CCC=CCC=CCC=CCC=CCC=CCCC(=O)OC1CC2OCC2(OC(C)=O)C2C(OC(=O)c3ccccc3)C3(O)CC(OC(=O)C(O[Si](CC)(CC)CC)C(NC(=O)c4ccccc4)c4ccccc4)C(C)C(=C(OC(C)=O)C(=O)C12C)C3(C)C. The molecule has 494 valence electrons. The van der Waals surface area contributed by atoms with Gasteiger partial charge in [-0.25, -0.2) is 9.59 Å². The lowest BCUT2D eigenvalue weighted by Gasteiger charge is -2.67. The Hall–Kier alpha value is -7.57. The fourth-order valence-corrected chi connectivity index (χ4v) is 16.5. The molecule has 17 heteroatoms. The van der Waals surface area contributed by atoms with Gasteiger partial charge in [0.05, 0.1) is 29.5 Å². The summed E-state index contributed by atoms with van der Waals surface area (Å²) in [5, 5.41) is 17.6. The summed E-state index contributed by atoms with van der Waals surface area (Å²) in [7, 11) is -2.80. The van der Waals surface area contributed by atoms with Crippen molar-refractivity contribution in [3.8, 4) is 0 Å². The van der Waals surface area contributed by atoms with E-state index >= 15 is 9.59 Å². The van der Waals surface area contributed by atoms with Crippen molar-refractivity contribution in [2.24, 2.45) is 22.7 Å². The van der Waals surface area contributed by atoms with Gasteiger partial charge in [0, 0.05) is 50.0 Å². The molecule has 3 fully saturated rings. The quantitative estimate of drug-likeness (QED) is 0.0275. The van der Waals surface area contributed by atoms with Gasteiger partial charge in [-0.05, 0) is 105 Å². The number of Topliss-reactive ketones (excluding diaryl/α,β-unsaturated/α-hetero) is 1. The first-order chi connectivity index (χ1) is 44.1. The summed E-state index contributed by atoms with van der Waals surface area (Å²) in [6.45, 7) is 16.5. The lowest BCUT2D eigenvalue weighted by molar-refractivity contribution is -0.346. The minimum atomic E-state index is -2.80. The Kier molecular flexibility index (Phi) is 25.6. The molecule has 0 aromatic heterocycles. The van der Waals surface area contributed by atoms with Crippen LogP contribution in [0.5, 0.6) is 0 Å². The summed E-state index contributed by atoms with van der Waals surface area (Å²) in [6, 6.07) is 26.2. The van der Waals surface area contributed by atoms with Crippen LogP contribution in [0.4, 0.5) is 0 Å².